The van der Waals surface area contributed by atoms with E-state index in [9.17, 15) is 9.59 Å². The van der Waals surface area contributed by atoms with E-state index in [4.69, 9.17) is 8.83 Å². The summed E-state index contributed by atoms with van der Waals surface area (Å²) in [4.78, 5) is 31.1. The Hall–Kier alpha value is -3.54. The first kappa shape index (κ1) is 25.1. The third-order valence-corrected chi connectivity index (χ3v) is 7.44. The van der Waals surface area contributed by atoms with Gasteiger partial charge in [0.15, 0.2) is 0 Å². The van der Waals surface area contributed by atoms with Gasteiger partial charge >= 0.3 is 11.3 Å². The summed E-state index contributed by atoms with van der Waals surface area (Å²) >= 11 is 0. The highest BCUT2D eigenvalue weighted by Crippen LogP contribution is 2.47. The fourth-order valence-corrected chi connectivity index (χ4v) is 5.49. The minimum Gasteiger partial charge on any atom is -0.422 e. The summed E-state index contributed by atoms with van der Waals surface area (Å²) in [7, 11) is 7.88. The van der Waals surface area contributed by atoms with Gasteiger partial charge < -0.3 is 18.6 Å². The molecule has 0 atom stereocenters. The fraction of sp³-hybridized carbons (Fsp3) is 0.419. The molecule has 6 nitrogen and oxygen atoms in total. The highest BCUT2D eigenvalue weighted by molar-refractivity contribution is 6.05. The van der Waals surface area contributed by atoms with Crippen LogP contribution in [0.25, 0.3) is 33.1 Å². The van der Waals surface area contributed by atoms with Crippen LogP contribution in [0.2, 0.25) is 0 Å². The number of rotatable bonds is 2. The molecule has 2 aromatic carbocycles. The van der Waals surface area contributed by atoms with Crippen LogP contribution in [0.5, 0.6) is 0 Å². The Morgan fingerprint density at radius 1 is 0.622 bits per heavy atom. The predicted molar refractivity (Wildman–Crippen MR) is 153 cm³/mol. The van der Waals surface area contributed by atoms with Crippen molar-refractivity contribution in [3.63, 3.8) is 0 Å². The van der Waals surface area contributed by atoms with Crippen molar-refractivity contribution in [2.24, 2.45) is 0 Å². The summed E-state index contributed by atoms with van der Waals surface area (Å²) in [5.74, 6) is 0. The van der Waals surface area contributed by atoms with Crippen molar-refractivity contribution in [1.29, 1.82) is 0 Å². The Balaban J connectivity index is 1.99. The van der Waals surface area contributed by atoms with Gasteiger partial charge in [-0.25, -0.2) is 9.59 Å². The minimum atomic E-state index is -0.416. The first-order valence-corrected chi connectivity index (χ1v) is 12.7. The van der Waals surface area contributed by atoms with E-state index in [0.717, 1.165) is 38.8 Å². The smallest absolute Gasteiger partial charge is 0.344 e. The molecule has 37 heavy (non-hydrogen) atoms. The Bertz CT molecular complexity index is 1710. The highest BCUT2D eigenvalue weighted by atomic mass is 16.4. The molecule has 2 heterocycles. The normalized spacial score (nSPS) is 13.2. The molecular formula is C31H36N2O4. The molecule has 0 bridgehead atoms. The molecule has 0 N–H and O–H groups in total. The minimum absolute atomic E-state index is 0.212. The van der Waals surface area contributed by atoms with Crippen LogP contribution in [0.3, 0.4) is 0 Å². The van der Waals surface area contributed by atoms with Crippen molar-refractivity contribution in [3.05, 3.63) is 67.4 Å². The number of anilines is 2. The van der Waals surface area contributed by atoms with Crippen LogP contribution >= 0.6 is 0 Å². The maximum atomic E-state index is 13.7. The lowest BCUT2D eigenvalue weighted by Crippen LogP contribution is -2.17. The molecule has 2 aromatic heterocycles. The average molecular weight is 501 g/mol. The molecule has 0 radical (unpaired) electrons. The van der Waals surface area contributed by atoms with E-state index in [1.165, 1.54) is 0 Å². The lowest BCUT2D eigenvalue weighted by molar-refractivity contribution is 0.549. The van der Waals surface area contributed by atoms with Gasteiger partial charge in [0.1, 0.15) is 11.2 Å². The Morgan fingerprint density at radius 3 is 1.57 bits per heavy atom. The third kappa shape index (κ3) is 3.85. The van der Waals surface area contributed by atoms with Crippen LogP contribution < -0.4 is 21.1 Å². The van der Waals surface area contributed by atoms with Crippen LogP contribution in [0.15, 0.2) is 42.7 Å². The average Bonchev–Trinajstić information content (AvgIpc) is 3.18. The summed E-state index contributed by atoms with van der Waals surface area (Å²) in [6.45, 7) is 12.9. The Morgan fingerprint density at radius 2 is 1.08 bits per heavy atom. The summed E-state index contributed by atoms with van der Waals surface area (Å²) < 4.78 is 12.0. The van der Waals surface area contributed by atoms with Crippen molar-refractivity contribution in [1.82, 2.24) is 0 Å². The van der Waals surface area contributed by atoms with Gasteiger partial charge in [0.25, 0.3) is 0 Å². The molecule has 0 spiro atoms. The summed E-state index contributed by atoms with van der Waals surface area (Å²) in [5, 5.41) is 1.74. The lowest BCUT2D eigenvalue weighted by atomic mass is 9.81. The van der Waals surface area contributed by atoms with Crippen LogP contribution in [0.1, 0.15) is 63.8 Å². The predicted octanol–water partition coefficient (Wildman–Crippen LogP) is 6.20. The lowest BCUT2D eigenvalue weighted by Gasteiger charge is -2.26. The molecule has 0 fully saturated rings. The van der Waals surface area contributed by atoms with E-state index in [1.54, 1.807) is 0 Å². The van der Waals surface area contributed by atoms with Gasteiger partial charge in [0, 0.05) is 74.5 Å². The van der Waals surface area contributed by atoms with E-state index in [0.29, 0.717) is 34.3 Å². The van der Waals surface area contributed by atoms with Crippen molar-refractivity contribution in [2.75, 3.05) is 38.0 Å². The van der Waals surface area contributed by atoms with Gasteiger partial charge in [-0.15, -0.1) is 0 Å². The van der Waals surface area contributed by atoms with Gasteiger partial charge in [-0.05, 0) is 39.7 Å². The molecule has 0 saturated carbocycles. The van der Waals surface area contributed by atoms with Crippen LogP contribution in [-0.4, -0.2) is 28.2 Å². The monoisotopic (exact) mass is 500 g/mol. The van der Waals surface area contributed by atoms with Crippen molar-refractivity contribution < 1.29 is 8.83 Å². The molecule has 194 valence electrons. The number of hydrogen-bond donors (Lipinski definition) is 0. The number of hydrogen-bond acceptors (Lipinski definition) is 6. The molecular weight excluding hydrogens is 464 g/mol. The van der Waals surface area contributed by atoms with E-state index >= 15 is 0 Å². The van der Waals surface area contributed by atoms with Crippen molar-refractivity contribution in [2.45, 2.75) is 58.8 Å². The first-order valence-electron chi connectivity index (χ1n) is 12.7. The zero-order chi connectivity index (χ0) is 27.2. The van der Waals surface area contributed by atoms with E-state index in [1.807, 2.05) is 50.1 Å². The second kappa shape index (κ2) is 7.98. The Kier molecular flexibility index (Phi) is 5.42. The molecule has 1 aliphatic carbocycles. The summed E-state index contributed by atoms with van der Waals surface area (Å²) in [6, 6.07) is 8.10. The molecule has 0 amide bonds. The SMILES string of the molecule is CN(C)c1cc(C(C)(C)C)c2c3c(c(=O)oc2c1)-c1c(c(=O)oc2cc(N(C)C)cc(C(C)(C)C)c12)C3. The standard InChI is InChI=1S/C31H36N2O4/c1-30(2,3)20-11-16(32(7)8)13-22-24(20)18-15-19-25(26(18)29(35)37-22)27-21(31(4,5)6)12-17(33(9)10)14-23(27)36-28(19)34/h11-14H,15H2,1-10H3. The third-order valence-electron chi connectivity index (χ3n) is 7.44. The molecule has 4 aromatic rings. The summed E-state index contributed by atoms with van der Waals surface area (Å²) in [6.07, 6.45) is 0.342. The van der Waals surface area contributed by atoms with E-state index < -0.39 is 11.3 Å². The Labute approximate surface area is 217 Å². The molecule has 0 saturated heterocycles. The fourth-order valence-electron chi connectivity index (χ4n) is 5.49. The highest BCUT2D eigenvalue weighted by Gasteiger charge is 2.35. The van der Waals surface area contributed by atoms with Crippen LogP contribution in [-0.2, 0) is 17.3 Å². The molecule has 0 unspecified atom stereocenters. The topological polar surface area (TPSA) is 66.9 Å². The molecule has 0 aliphatic heterocycles. The van der Waals surface area contributed by atoms with Gasteiger partial charge in [-0.3, -0.25) is 0 Å². The van der Waals surface area contributed by atoms with Crippen molar-refractivity contribution >= 4 is 33.3 Å². The van der Waals surface area contributed by atoms with Gasteiger partial charge in [0.2, 0.25) is 0 Å². The zero-order valence-corrected chi connectivity index (χ0v) is 23.5. The van der Waals surface area contributed by atoms with E-state index in [2.05, 4.69) is 53.7 Å². The molecule has 1 aliphatic rings. The summed E-state index contributed by atoms with van der Waals surface area (Å²) in [5.41, 5.74) is 6.32. The molecule has 5 rings (SSSR count). The number of benzene rings is 2. The van der Waals surface area contributed by atoms with Gasteiger partial charge in [-0.2, -0.15) is 0 Å². The second-order valence-electron chi connectivity index (χ2n) is 12.7. The van der Waals surface area contributed by atoms with Gasteiger partial charge in [0.05, 0.1) is 11.1 Å². The quantitative estimate of drug-likeness (QED) is 0.269. The van der Waals surface area contributed by atoms with Gasteiger partial charge in [-0.1, -0.05) is 41.5 Å². The second-order valence-corrected chi connectivity index (χ2v) is 12.7. The number of fused-ring (bicyclic) bond motifs is 7. The number of nitrogens with zero attached hydrogens (tertiary/aromatic N) is 2. The maximum Gasteiger partial charge on any atom is 0.344 e. The largest absolute Gasteiger partial charge is 0.422 e. The van der Waals surface area contributed by atoms with E-state index in [-0.39, 0.29) is 10.8 Å². The molecule has 6 heteroatoms. The zero-order valence-electron chi connectivity index (χ0n) is 23.5. The van der Waals surface area contributed by atoms with Crippen molar-refractivity contribution in [3.8, 4) is 11.1 Å². The van der Waals surface area contributed by atoms with Crippen LogP contribution in [0.4, 0.5) is 11.4 Å². The van der Waals surface area contributed by atoms with Crippen LogP contribution in [0, 0.1) is 0 Å². The maximum absolute atomic E-state index is 13.7. The first-order chi connectivity index (χ1) is 17.1.